The van der Waals surface area contributed by atoms with Gasteiger partial charge in [0.05, 0.1) is 17.1 Å². The highest BCUT2D eigenvalue weighted by Gasteiger charge is 2.19. The van der Waals surface area contributed by atoms with Crippen molar-refractivity contribution in [3.05, 3.63) is 48.5 Å². The number of hydrogen-bond acceptors (Lipinski definition) is 3. The molecule has 0 bridgehead atoms. The van der Waals surface area contributed by atoms with Crippen molar-refractivity contribution in [3.63, 3.8) is 0 Å². The quantitative estimate of drug-likeness (QED) is 0.420. The zero-order chi connectivity index (χ0) is 19.0. The van der Waals surface area contributed by atoms with Crippen molar-refractivity contribution in [2.24, 2.45) is 5.92 Å². The first-order valence-corrected chi connectivity index (χ1v) is 8.93. The molecule has 0 aliphatic carbocycles. The van der Waals surface area contributed by atoms with E-state index in [1.54, 1.807) is 6.20 Å². The number of carboxylic acid groups (broad SMARTS) is 1. The van der Waals surface area contributed by atoms with E-state index in [1.165, 1.54) is 0 Å². The molecule has 1 aromatic carbocycles. The smallest absolute Gasteiger partial charge is 0.405 e. The van der Waals surface area contributed by atoms with Crippen LogP contribution in [0.2, 0.25) is 0 Å². The minimum atomic E-state index is -1.05. The number of pyridine rings is 1. The zero-order valence-corrected chi connectivity index (χ0v) is 15.2. The molecule has 0 aliphatic rings. The summed E-state index contributed by atoms with van der Waals surface area (Å²) >= 11 is 0. The van der Waals surface area contributed by atoms with Gasteiger partial charge < -0.3 is 20.4 Å². The summed E-state index contributed by atoms with van der Waals surface area (Å²) in [6, 6.07) is 9.65. The predicted octanol–water partition coefficient (Wildman–Crippen LogP) is 4.46. The van der Waals surface area contributed by atoms with Crippen LogP contribution in [0.25, 0.3) is 33.2 Å². The Hall–Kier alpha value is -3.35. The molecule has 138 valence electrons. The standard InChI is InChI=1S/C20H21N5O2/c1-11(2)9-17(25-20(26)27)19-23-15-4-3-12(10-16(15)24-19)13-5-7-21-18-14(13)6-8-22-18/h3-8,10-11,17,25H,9H2,1-2H3,(H,21,22)(H,23,24)(H,26,27). The molecule has 1 amide bonds. The molecule has 7 nitrogen and oxygen atoms in total. The van der Waals surface area contributed by atoms with Crippen molar-refractivity contribution in [2.45, 2.75) is 26.3 Å². The van der Waals surface area contributed by atoms with Crippen molar-refractivity contribution >= 4 is 28.2 Å². The molecule has 0 spiro atoms. The van der Waals surface area contributed by atoms with Gasteiger partial charge in [0, 0.05) is 17.8 Å². The molecule has 3 heterocycles. The van der Waals surface area contributed by atoms with Crippen LogP contribution in [0, 0.1) is 5.92 Å². The summed E-state index contributed by atoms with van der Waals surface area (Å²) in [6.07, 6.45) is 3.29. The average molecular weight is 363 g/mol. The van der Waals surface area contributed by atoms with Gasteiger partial charge in [0.2, 0.25) is 0 Å². The van der Waals surface area contributed by atoms with Crippen molar-refractivity contribution in [3.8, 4) is 11.1 Å². The first-order valence-electron chi connectivity index (χ1n) is 8.93. The molecule has 7 heteroatoms. The van der Waals surface area contributed by atoms with E-state index in [-0.39, 0.29) is 6.04 Å². The van der Waals surface area contributed by atoms with E-state index >= 15 is 0 Å². The molecular weight excluding hydrogens is 342 g/mol. The SMILES string of the molecule is CC(C)CC(NC(=O)O)c1nc2ccc(-c3ccnc4[nH]ccc34)cc2[nH]1. The highest BCUT2D eigenvalue weighted by atomic mass is 16.4. The number of fused-ring (bicyclic) bond motifs is 2. The molecule has 0 aliphatic heterocycles. The molecule has 4 aromatic rings. The molecule has 0 fully saturated rings. The minimum Gasteiger partial charge on any atom is -0.465 e. The summed E-state index contributed by atoms with van der Waals surface area (Å²) in [5.41, 5.74) is 4.68. The molecule has 4 rings (SSSR count). The molecular formula is C20H21N5O2. The van der Waals surface area contributed by atoms with Crippen LogP contribution in [-0.2, 0) is 0 Å². The maximum Gasteiger partial charge on any atom is 0.405 e. The lowest BCUT2D eigenvalue weighted by atomic mass is 10.0. The van der Waals surface area contributed by atoms with Crippen molar-refractivity contribution in [1.82, 2.24) is 25.3 Å². The Morgan fingerprint density at radius 1 is 1.26 bits per heavy atom. The fourth-order valence-electron chi connectivity index (χ4n) is 3.43. The van der Waals surface area contributed by atoms with Crippen LogP contribution in [-0.4, -0.2) is 31.1 Å². The predicted molar refractivity (Wildman–Crippen MR) is 105 cm³/mol. The maximum atomic E-state index is 11.2. The van der Waals surface area contributed by atoms with Crippen LogP contribution in [0.5, 0.6) is 0 Å². The average Bonchev–Trinajstić information content (AvgIpc) is 3.26. The van der Waals surface area contributed by atoms with E-state index in [0.29, 0.717) is 18.2 Å². The van der Waals surface area contributed by atoms with Gasteiger partial charge in [-0.3, -0.25) is 0 Å². The zero-order valence-electron chi connectivity index (χ0n) is 15.2. The van der Waals surface area contributed by atoms with E-state index in [9.17, 15) is 4.79 Å². The highest BCUT2D eigenvalue weighted by Crippen LogP contribution is 2.30. The van der Waals surface area contributed by atoms with Crippen LogP contribution >= 0.6 is 0 Å². The second-order valence-electron chi connectivity index (χ2n) is 7.08. The monoisotopic (exact) mass is 363 g/mol. The molecule has 1 unspecified atom stereocenters. The van der Waals surface area contributed by atoms with Crippen molar-refractivity contribution < 1.29 is 9.90 Å². The number of nitrogens with zero attached hydrogens (tertiary/aromatic N) is 2. The number of hydrogen-bond donors (Lipinski definition) is 4. The summed E-state index contributed by atoms with van der Waals surface area (Å²) in [4.78, 5) is 26.5. The summed E-state index contributed by atoms with van der Waals surface area (Å²) in [6.45, 7) is 4.12. The van der Waals surface area contributed by atoms with Gasteiger partial charge >= 0.3 is 6.09 Å². The number of H-pyrrole nitrogens is 2. The molecule has 0 saturated carbocycles. The van der Waals surface area contributed by atoms with Crippen LogP contribution in [0.15, 0.2) is 42.7 Å². The van der Waals surface area contributed by atoms with Gasteiger partial charge in [-0.1, -0.05) is 19.9 Å². The summed E-state index contributed by atoms with van der Waals surface area (Å²) in [5.74, 6) is 0.976. The lowest BCUT2D eigenvalue weighted by molar-refractivity contribution is 0.187. The molecule has 27 heavy (non-hydrogen) atoms. The van der Waals surface area contributed by atoms with Gasteiger partial charge in [-0.05, 0) is 47.7 Å². The third-order valence-electron chi connectivity index (χ3n) is 4.61. The Morgan fingerprint density at radius 2 is 2.11 bits per heavy atom. The Labute approximate surface area is 155 Å². The lowest BCUT2D eigenvalue weighted by Gasteiger charge is -2.16. The first-order chi connectivity index (χ1) is 13.0. The normalized spacial score (nSPS) is 12.7. The number of nitrogens with one attached hydrogen (secondary N) is 3. The van der Waals surface area contributed by atoms with Crippen LogP contribution in [0.1, 0.15) is 32.1 Å². The van der Waals surface area contributed by atoms with E-state index in [0.717, 1.165) is 33.2 Å². The fraction of sp³-hybridized carbons (Fsp3) is 0.250. The third kappa shape index (κ3) is 3.36. The largest absolute Gasteiger partial charge is 0.465 e. The summed E-state index contributed by atoms with van der Waals surface area (Å²) in [7, 11) is 0. The van der Waals surface area contributed by atoms with Crippen molar-refractivity contribution in [1.29, 1.82) is 0 Å². The first kappa shape index (κ1) is 17.1. The number of imidazole rings is 1. The van der Waals surface area contributed by atoms with E-state index in [1.807, 2.05) is 36.5 Å². The van der Waals surface area contributed by atoms with Crippen LogP contribution < -0.4 is 5.32 Å². The number of aromatic amines is 2. The van der Waals surface area contributed by atoms with Gasteiger partial charge in [0.1, 0.15) is 11.5 Å². The van der Waals surface area contributed by atoms with Gasteiger partial charge in [0.25, 0.3) is 0 Å². The molecule has 1 atom stereocenters. The minimum absolute atomic E-state index is 0.337. The third-order valence-corrected chi connectivity index (χ3v) is 4.61. The maximum absolute atomic E-state index is 11.2. The topological polar surface area (TPSA) is 107 Å². The molecule has 4 N–H and O–H groups in total. The van der Waals surface area contributed by atoms with Gasteiger partial charge in [0.15, 0.2) is 0 Å². The van der Waals surface area contributed by atoms with Crippen LogP contribution in [0.3, 0.4) is 0 Å². The Balaban J connectivity index is 1.75. The number of benzene rings is 1. The van der Waals surface area contributed by atoms with E-state index in [2.05, 4.69) is 39.1 Å². The summed E-state index contributed by atoms with van der Waals surface area (Å²) in [5, 5.41) is 12.8. The highest BCUT2D eigenvalue weighted by molar-refractivity contribution is 5.95. The number of carbonyl (C=O) groups is 1. The number of rotatable bonds is 5. The van der Waals surface area contributed by atoms with Crippen molar-refractivity contribution in [2.75, 3.05) is 0 Å². The summed E-state index contributed by atoms with van der Waals surface area (Å²) < 4.78 is 0. The number of amides is 1. The van der Waals surface area contributed by atoms with Crippen LogP contribution in [0.4, 0.5) is 4.79 Å². The van der Waals surface area contributed by atoms with Gasteiger partial charge in [-0.15, -0.1) is 0 Å². The number of aromatic nitrogens is 4. The second-order valence-corrected chi connectivity index (χ2v) is 7.08. The molecule has 3 aromatic heterocycles. The fourth-order valence-corrected chi connectivity index (χ4v) is 3.43. The Morgan fingerprint density at radius 3 is 2.89 bits per heavy atom. The lowest BCUT2D eigenvalue weighted by Crippen LogP contribution is -2.28. The van der Waals surface area contributed by atoms with E-state index in [4.69, 9.17) is 5.11 Å². The van der Waals surface area contributed by atoms with Gasteiger partial charge in [-0.25, -0.2) is 14.8 Å². The molecule has 0 radical (unpaired) electrons. The Kier molecular flexibility index (Phi) is 4.27. The van der Waals surface area contributed by atoms with E-state index < -0.39 is 6.09 Å². The van der Waals surface area contributed by atoms with Gasteiger partial charge in [-0.2, -0.15) is 0 Å². The molecule has 0 saturated heterocycles. The second kappa shape index (κ2) is 6.75. The Bertz CT molecular complexity index is 1110.